The van der Waals surface area contributed by atoms with Crippen LogP contribution in [0, 0.1) is 5.82 Å². The van der Waals surface area contributed by atoms with E-state index >= 15 is 0 Å². The van der Waals surface area contributed by atoms with Gasteiger partial charge < -0.3 is 10.2 Å². The minimum absolute atomic E-state index is 0.175. The van der Waals surface area contributed by atoms with E-state index in [-0.39, 0.29) is 11.6 Å². The molecule has 0 aromatic heterocycles. The maximum Gasteiger partial charge on any atom is 0.238 e. The first-order chi connectivity index (χ1) is 9.04. The minimum Gasteiger partial charge on any atom is -0.322 e. The van der Waals surface area contributed by atoms with Crippen molar-refractivity contribution >= 4 is 27.5 Å². The van der Waals surface area contributed by atoms with E-state index in [0.717, 1.165) is 26.2 Å². The molecule has 0 unspecified atom stereocenters. The third-order valence-electron chi connectivity index (χ3n) is 3.17. The average molecular weight is 330 g/mol. The summed E-state index contributed by atoms with van der Waals surface area (Å²) in [4.78, 5) is 16.2. The molecule has 1 aliphatic rings. The fourth-order valence-electron chi connectivity index (χ4n) is 1.99. The third-order valence-corrected chi connectivity index (χ3v) is 3.66. The maximum absolute atomic E-state index is 13.6. The molecule has 0 saturated carbocycles. The van der Waals surface area contributed by atoms with Crippen LogP contribution < -0.4 is 5.32 Å². The van der Waals surface area contributed by atoms with Crippen LogP contribution in [0.4, 0.5) is 10.1 Å². The van der Waals surface area contributed by atoms with E-state index in [0.29, 0.717) is 11.0 Å². The lowest BCUT2D eigenvalue weighted by Crippen LogP contribution is -2.47. The van der Waals surface area contributed by atoms with E-state index in [1.165, 1.54) is 6.07 Å². The molecule has 19 heavy (non-hydrogen) atoms. The molecule has 1 N–H and O–H groups in total. The van der Waals surface area contributed by atoms with Crippen molar-refractivity contribution in [2.75, 3.05) is 45.1 Å². The van der Waals surface area contributed by atoms with E-state index in [2.05, 4.69) is 38.1 Å². The molecule has 4 nitrogen and oxygen atoms in total. The number of carbonyl (C=O) groups excluding carboxylic acids is 1. The van der Waals surface area contributed by atoms with Crippen LogP contribution >= 0.6 is 15.9 Å². The Morgan fingerprint density at radius 3 is 2.68 bits per heavy atom. The smallest absolute Gasteiger partial charge is 0.238 e. The van der Waals surface area contributed by atoms with Crippen molar-refractivity contribution in [2.45, 2.75) is 0 Å². The lowest BCUT2D eigenvalue weighted by Gasteiger charge is -2.31. The molecule has 0 spiro atoms. The zero-order chi connectivity index (χ0) is 13.8. The first-order valence-corrected chi connectivity index (χ1v) is 7.00. The van der Waals surface area contributed by atoms with Gasteiger partial charge in [-0.25, -0.2) is 4.39 Å². The number of amides is 1. The average Bonchev–Trinajstić information content (AvgIpc) is 2.36. The molecule has 104 valence electrons. The Balaban J connectivity index is 1.87. The van der Waals surface area contributed by atoms with Gasteiger partial charge in [-0.3, -0.25) is 9.69 Å². The van der Waals surface area contributed by atoms with Crippen molar-refractivity contribution in [2.24, 2.45) is 0 Å². The van der Waals surface area contributed by atoms with Crippen LogP contribution in [0.25, 0.3) is 0 Å². The summed E-state index contributed by atoms with van der Waals surface area (Å²) in [5.74, 6) is -0.605. The number of likely N-dealkylation sites (N-methyl/N-ethyl adjacent to an activating group) is 1. The molecule has 1 fully saturated rings. The van der Waals surface area contributed by atoms with Crippen LogP contribution in [-0.2, 0) is 4.79 Å². The second-order valence-electron chi connectivity index (χ2n) is 4.75. The van der Waals surface area contributed by atoms with Gasteiger partial charge in [-0.2, -0.15) is 0 Å². The standard InChI is InChI=1S/C13H17BrFN3O/c1-17-4-6-18(7-5-17)9-13(19)16-12-3-2-10(14)8-11(12)15/h2-3,8H,4-7,9H2,1H3,(H,16,19). The fourth-order valence-corrected chi connectivity index (χ4v) is 2.32. The zero-order valence-corrected chi connectivity index (χ0v) is 12.4. The number of anilines is 1. The second kappa shape index (κ2) is 6.45. The monoisotopic (exact) mass is 329 g/mol. The molecular formula is C13H17BrFN3O. The summed E-state index contributed by atoms with van der Waals surface area (Å²) in [6, 6.07) is 4.60. The van der Waals surface area contributed by atoms with Crippen molar-refractivity contribution in [3.8, 4) is 0 Å². The van der Waals surface area contributed by atoms with Gasteiger partial charge in [0.1, 0.15) is 5.82 Å². The predicted molar refractivity (Wildman–Crippen MR) is 76.7 cm³/mol. The van der Waals surface area contributed by atoms with Crippen LogP contribution in [0.2, 0.25) is 0 Å². The van der Waals surface area contributed by atoms with Crippen LogP contribution in [0.3, 0.4) is 0 Å². The molecule has 1 saturated heterocycles. The van der Waals surface area contributed by atoms with Gasteiger partial charge in [0.2, 0.25) is 5.91 Å². The number of benzene rings is 1. The highest BCUT2D eigenvalue weighted by atomic mass is 79.9. The molecular weight excluding hydrogens is 313 g/mol. The summed E-state index contributed by atoms with van der Waals surface area (Å²) < 4.78 is 14.2. The predicted octanol–water partition coefficient (Wildman–Crippen LogP) is 1.77. The van der Waals surface area contributed by atoms with Crippen LogP contribution in [0.15, 0.2) is 22.7 Å². The summed E-state index contributed by atoms with van der Waals surface area (Å²) in [6.45, 7) is 3.96. The maximum atomic E-state index is 13.6. The van der Waals surface area contributed by atoms with Crippen molar-refractivity contribution < 1.29 is 9.18 Å². The lowest BCUT2D eigenvalue weighted by molar-refractivity contribution is -0.117. The third kappa shape index (κ3) is 4.26. The number of nitrogens with zero attached hydrogens (tertiary/aromatic N) is 2. The van der Waals surface area contributed by atoms with Gasteiger partial charge in [0.05, 0.1) is 12.2 Å². The van der Waals surface area contributed by atoms with Gasteiger partial charge >= 0.3 is 0 Å². The van der Waals surface area contributed by atoms with Gasteiger partial charge in [-0.05, 0) is 25.2 Å². The normalized spacial score (nSPS) is 17.4. The summed E-state index contributed by atoms with van der Waals surface area (Å²) in [6.07, 6.45) is 0. The highest BCUT2D eigenvalue weighted by molar-refractivity contribution is 9.10. The van der Waals surface area contributed by atoms with Gasteiger partial charge in [-0.15, -0.1) is 0 Å². The van der Waals surface area contributed by atoms with E-state index in [9.17, 15) is 9.18 Å². The van der Waals surface area contributed by atoms with E-state index in [1.54, 1.807) is 12.1 Å². The van der Waals surface area contributed by atoms with Crippen molar-refractivity contribution in [3.63, 3.8) is 0 Å². The molecule has 0 bridgehead atoms. The summed E-state index contributed by atoms with van der Waals surface area (Å²) >= 11 is 3.18. The Hall–Kier alpha value is -0.980. The highest BCUT2D eigenvalue weighted by Crippen LogP contribution is 2.19. The minimum atomic E-state index is -0.430. The van der Waals surface area contributed by atoms with Gasteiger partial charge in [0.25, 0.3) is 0 Å². The fraction of sp³-hybridized carbons (Fsp3) is 0.462. The zero-order valence-electron chi connectivity index (χ0n) is 10.8. The van der Waals surface area contributed by atoms with Gasteiger partial charge in [-0.1, -0.05) is 15.9 Å². The van der Waals surface area contributed by atoms with Crippen molar-refractivity contribution in [1.82, 2.24) is 9.80 Å². The van der Waals surface area contributed by atoms with E-state index in [4.69, 9.17) is 0 Å². The highest BCUT2D eigenvalue weighted by Gasteiger charge is 2.17. The number of nitrogens with one attached hydrogen (secondary N) is 1. The largest absolute Gasteiger partial charge is 0.322 e. The van der Waals surface area contributed by atoms with Gasteiger partial charge in [0.15, 0.2) is 0 Å². The molecule has 1 aliphatic heterocycles. The number of hydrogen-bond donors (Lipinski definition) is 1. The Morgan fingerprint density at radius 1 is 1.37 bits per heavy atom. The summed E-state index contributed by atoms with van der Waals surface area (Å²) in [5, 5.41) is 2.61. The number of rotatable bonds is 3. The Labute approximate surface area is 120 Å². The number of halogens is 2. The molecule has 1 amide bonds. The van der Waals surface area contributed by atoms with Crippen molar-refractivity contribution in [3.05, 3.63) is 28.5 Å². The molecule has 0 radical (unpaired) electrons. The molecule has 1 aromatic rings. The Morgan fingerprint density at radius 2 is 2.05 bits per heavy atom. The molecule has 0 aliphatic carbocycles. The SMILES string of the molecule is CN1CCN(CC(=O)Nc2ccc(Br)cc2F)CC1. The van der Waals surface area contributed by atoms with Crippen LogP contribution in [-0.4, -0.2) is 55.5 Å². The topological polar surface area (TPSA) is 35.6 Å². The summed E-state index contributed by atoms with van der Waals surface area (Å²) in [7, 11) is 2.06. The Kier molecular flexibility index (Phi) is 4.90. The van der Waals surface area contributed by atoms with Crippen LogP contribution in [0.5, 0.6) is 0 Å². The first kappa shape index (κ1) is 14.4. The number of carbonyl (C=O) groups is 1. The Bertz CT molecular complexity index is 461. The molecule has 1 aromatic carbocycles. The van der Waals surface area contributed by atoms with Gasteiger partial charge in [0, 0.05) is 30.7 Å². The number of hydrogen-bond acceptors (Lipinski definition) is 3. The molecule has 2 rings (SSSR count). The summed E-state index contributed by atoms with van der Waals surface area (Å²) in [5.41, 5.74) is 0.224. The lowest BCUT2D eigenvalue weighted by atomic mass is 10.3. The van der Waals surface area contributed by atoms with E-state index in [1.807, 2.05) is 0 Å². The molecule has 6 heteroatoms. The van der Waals surface area contributed by atoms with E-state index < -0.39 is 5.82 Å². The van der Waals surface area contributed by atoms with Crippen molar-refractivity contribution in [1.29, 1.82) is 0 Å². The quantitative estimate of drug-likeness (QED) is 0.918. The second-order valence-corrected chi connectivity index (χ2v) is 5.67. The molecule has 1 heterocycles. The first-order valence-electron chi connectivity index (χ1n) is 6.20. The number of piperazine rings is 1. The van der Waals surface area contributed by atoms with Crippen LogP contribution in [0.1, 0.15) is 0 Å². The molecule has 0 atom stereocenters.